The van der Waals surface area contributed by atoms with Gasteiger partial charge in [-0.3, -0.25) is 4.79 Å². The number of aliphatic carboxylic acids is 1. The molecule has 6 heteroatoms. The van der Waals surface area contributed by atoms with E-state index in [1.807, 2.05) is 0 Å². The highest BCUT2D eigenvalue weighted by Gasteiger charge is 2.51. The lowest BCUT2D eigenvalue weighted by atomic mass is 9.50. The van der Waals surface area contributed by atoms with E-state index in [0.717, 1.165) is 17.8 Å². The molecule has 1 heterocycles. The molecule has 1 atom stereocenters. The number of carbonyl (C=O) groups is 2. The van der Waals surface area contributed by atoms with Crippen molar-refractivity contribution in [3.8, 4) is 5.75 Å². The van der Waals surface area contributed by atoms with Crippen molar-refractivity contribution in [2.75, 3.05) is 13.2 Å². The van der Waals surface area contributed by atoms with Crippen LogP contribution in [0.3, 0.4) is 0 Å². The first kappa shape index (κ1) is 19.2. The van der Waals surface area contributed by atoms with E-state index in [-0.39, 0.29) is 11.3 Å². The minimum Gasteiger partial charge on any atom is -0.491 e. The van der Waals surface area contributed by atoms with Crippen molar-refractivity contribution in [1.82, 2.24) is 4.90 Å². The van der Waals surface area contributed by atoms with Gasteiger partial charge in [-0.25, -0.2) is 4.79 Å². The van der Waals surface area contributed by atoms with Crippen molar-refractivity contribution in [1.29, 1.82) is 0 Å². The monoisotopic (exact) mass is 417 g/mol. The fraction of sp³-hybridized carbons (Fsp3) is 0.652. The van der Waals surface area contributed by atoms with E-state index in [4.69, 9.17) is 16.3 Å². The zero-order valence-corrected chi connectivity index (χ0v) is 17.4. The molecular weight excluding hydrogens is 390 g/mol. The van der Waals surface area contributed by atoms with Crippen LogP contribution in [0.25, 0.3) is 0 Å². The summed E-state index contributed by atoms with van der Waals surface area (Å²) < 4.78 is 6.30. The SMILES string of the molecule is O=C(O)C1CCCN1C(=O)c1cccc(Cl)c1OCC12CC3CC(CC(C3)C1)C2. The quantitative estimate of drug-likeness (QED) is 0.758. The summed E-state index contributed by atoms with van der Waals surface area (Å²) in [5.74, 6) is 1.67. The normalized spacial score (nSPS) is 35.1. The maximum absolute atomic E-state index is 13.2. The van der Waals surface area contributed by atoms with Crippen LogP contribution in [0.5, 0.6) is 5.75 Å². The summed E-state index contributed by atoms with van der Waals surface area (Å²) in [6.45, 7) is 1.06. The summed E-state index contributed by atoms with van der Waals surface area (Å²) in [4.78, 5) is 26.2. The molecule has 0 spiro atoms. The lowest BCUT2D eigenvalue weighted by molar-refractivity contribution is -0.141. The van der Waals surface area contributed by atoms with Crippen LogP contribution < -0.4 is 4.74 Å². The average Bonchev–Trinajstić information content (AvgIpc) is 3.15. The number of halogens is 1. The summed E-state index contributed by atoms with van der Waals surface area (Å²) in [6.07, 6.45) is 8.99. The van der Waals surface area contributed by atoms with E-state index in [2.05, 4.69) is 0 Å². The summed E-state index contributed by atoms with van der Waals surface area (Å²) in [5.41, 5.74) is 0.598. The summed E-state index contributed by atoms with van der Waals surface area (Å²) >= 11 is 6.45. The number of nitrogens with zero attached hydrogens (tertiary/aromatic N) is 1. The highest BCUT2D eigenvalue weighted by Crippen LogP contribution is 2.60. The number of carboxylic acid groups (broad SMARTS) is 1. The van der Waals surface area contributed by atoms with Gasteiger partial charge in [0.25, 0.3) is 5.91 Å². The Morgan fingerprint density at radius 3 is 2.41 bits per heavy atom. The van der Waals surface area contributed by atoms with E-state index in [1.165, 1.54) is 43.4 Å². The first-order valence-electron chi connectivity index (χ1n) is 10.9. The molecule has 4 bridgehead atoms. The third kappa shape index (κ3) is 3.41. The van der Waals surface area contributed by atoms with Gasteiger partial charge in [-0.2, -0.15) is 0 Å². The molecule has 5 nitrogen and oxygen atoms in total. The van der Waals surface area contributed by atoms with Crippen LogP contribution in [-0.2, 0) is 4.79 Å². The Bertz CT molecular complexity index is 803. The van der Waals surface area contributed by atoms with Gasteiger partial charge in [-0.1, -0.05) is 17.7 Å². The van der Waals surface area contributed by atoms with Crippen LogP contribution in [0.4, 0.5) is 0 Å². The number of hydrogen-bond acceptors (Lipinski definition) is 3. The first-order chi connectivity index (χ1) is 13.9. The highest BCUT2D eigenvalue weighted by atomic mass is 35.5. The van der Waals surface area contributed by atoms with Gasteiger partial charge >= 0.3 is 5.97 Å². The Morgan fingerprint density at radius 1 is 1.14 bits per heavy atom. The zero-order valence-electron chi connectivity index (χ0n) is 16.6. The smallest absolute Gasteiger partial charge is 0.326 e. The number of ether oxygens (including phenoxy) is 1. The van der Waals surface area contributed by atoms with Crippen LogP contribution >= 0.6 is 11.6 Å². The Labute approximate surface area is 176 Å². The van der Waals surface area contributed by atoms with Gasteiger partial charge in [0.05, 0.1) is 17.2 Å². The predicted molar refractivity (Wildman–Crippen MR) is 109 cm³/mol. The van der Waals surface area contributed by atoms with Crippen LogP contribution in [-0.4, -0.2) is 41.1 Å². The standard InChI is InChI=1S/C23H28ClNO4/c24-18-4-1-3-17(21(26)25-6-2-5-19(25)22(27)28)20(18)29-13-23-10-14-7-15(11-23)9-16(8-14)12-23/h1,3-4,14-16,19H,2,5-13H2,(H,27,28). The van der Waals surface area contributed by atoms with Gasteiger partial charge < -0.3 is 14.7 Å². The Balaban J connectivity index is 1.37. The first-order valence-corrected chi connectivity index (χ1v) is 11.3. The topological polar surface area (TPSA) is 66.8 Å². The van der Waals surface area contributed by atoms with Crippen LogP contribution in [0.1, 0.15) is 61.7 Å². The fourth-order valence-electron chi connectivity index (χ4n) is 6.94. The predicted octanol–water partition coefficient (Wildman–Crippen LogP) is 4.62. The van der Waals surface area contributed by atoms with Crippen molar-refractivity contribution < 1.29 is 19.4 Å². The number of hydrogen-bond donors (Lipinski definition) is 1. The van der Waals surface area contributed by atoms with Crippen LogP contribution in [0, 0.1) is 23.2 Å². The van der Waals surface area contributed by atoms with Gasteiger partial charge in [0, 0.05) is 12.0 Å². The Kier molecular flexibility index (Phi) is 4.77. The van der Waals surface area contributed by atoms with Crippen LogP contribution in [0.15, 0.2) is 18.2 Å². The largest absolute Gasteiger partial charge is 0.491 e. The minimum atomic E-state index is -0.950. The molecule has 6 rings (SSSR count). The molecule has 0 aromatic heterocycles. The molecule has 4 aliphatic carbocycles. The molecule has 5 aliphatic rings. The minimum absolute atomic E-state index is 0.214. The second-order valence-corrected chi connectivity index (χ2v) is 10.2. The second-order valence-electron chi connectivity index (χ2n) is 9.82. The molecule has 5 fully saturated rings. The summed E-state index contributed by atoms with van der Waals surface area (Å²) in [5, 5.41) is 9.87. The molecule has 1 saturated heterocycles. The summed E-state index contributed by atoms with van der Waals surface area (Å²) in [6, 6.07) is 4.42. The van der Waals surface area contributed by atoms with Crippen molar-refractivity contribution in [2.45, 2.75) is 57.4 Å². The van der Waals surface area contributed by atoms with E-state index in [1.54, 1.807) is 18.2 Å². The number of rotatable bonds is 5. The number of para-hydroxylation sites is 1. The number of carbonyl (C=O) groups excluding carboxylic acids is 1. The van der Waals surface area contributed by atoms with Gasteiger partial charge in [-0.15, -0.1) is 0 Å². The summed E-state index contributed by atoms with van der Waals surface area (Å²) in [7, 11) is 0. The van der Waals surface area contributed by atoms with Crippen molar-refractivity contribution in [3.63, 3.8) is 0 Å². The molecule has 1 amide bonds. The number of likely N-dealkylation sites (tertiary alicyclic amines) is 1. The van der Waals surface area contributed by atoms with Crippen LogP contribution in [0.2, 0.25) is 5.02 Å². The molecule has 1 aliphatic heterocycles. The number of carboxylic acids is 1. The molecule has 29 heavy (non-hydrogen) atoms. The molecule has 0 radical (unpaired) electrons. The maximum atomic E-state index is 13.2. The molecule has 1 N–H and O–H groups in total. The molecule has 1 aromatic rings. The zero-order chi connectivity index (χ0) is 20.2. The maximum Gasteiger partial charge on any atom is 0.326 e. The van der Waals surface area contributed by atoms with E-state index < -0.39 is 12.0 Å². The van der Waals surface area contributed by atoms with Gasteiger partial charge in [0.15, 0.2) is 5.75 Å². The third-order valence-corrected chi connectivity index (χ3v) is 7.98. The lowest BCUT2D eigenvalue weighted by Gasteiger charge is -2.56. The Morgan fingerprint density at radius 2 is 1.79 bits per heavy atom. The number of benzene rings is 1. The third-order valence-electron chi connectivity index (χ3n) is 7.68. The average molecular weight is 418 g/mol. The molecule has 4 saturated carbocycles. The van der Waals surface area contributed by atoms with Gasteiger partial charge in [-0.05, 0) is 81.3 Å². The number of amides is 1. The van der Waals surface area contributed by atoms with Crippen molar-refractivity contribution >= 4 is 23.5 Å². The van der Waals surface area contributed by atoms with E-state index >= 15 is 0 Å². The lowest BCUT2D eigenvalue weighted by Crippen LogP contribution is -2.48. The Hall–Kier alpha value is -1.75. The van der Waals surface area contributed by atoms with Gasteiger partial charge in [0.1, 0.15) is 6.04 Å². The molecule has 1 unspecified atom stereocenters. The van der Waals surface area contributed by atoms with E-state index in [9.17, 15) is 14.7 Å². The van der Waals surface area contributed by atoms with Crippen molar-refractivity contribution in [3.05, 3.63) is 28.8 Å². The highest BCUT2D eigenvalue weighted by molar-refractivity contribution is 6.32. The molecule has 1 aromatic carbocycles. The van der Waals surface area contributed by atoms with Crippen molar-refractivity contribution in [2.24, 2.45) is 23.2 Å². The molecule has 156 valence electrons. The molecular formula is C23H28ClNO4. The van der Waals surface area contributed by atoms with Gasteiger partial charge in [0.2, 0.25) is 0 Å². The second kappa shape index (κ2) is 7.19. The van der Waals surface area contributed by atoms with E-state index in [0.29, 0.717) is 42.3 Å². The fourth-order valence-corrected chi connectivity index (χ4v) is 7.17.